The number of aliphatic imine (C=N–C) groups is 1. The van der Waals surface area contributed by atoms with Crippen LogP contribution in [0.3, 0.4) is 0 Å². The van der Waals surface area contributed by atoms with E-state index in [1.807, 2.05) is 0 Å². The van der Waals surface area contributed by atoms with Crippen LogP contribution in [-0.2, 0) is 4.74 Å². The lowest BCUT2D eigenvalue weighted by Crippen LogP contribution is -2.28. The minimum Gasteiger partial charge on any atom is -0.379 e. The second kappa shape index (κ2) is 4.95. The first-order valence-corrected chi connectivity index (χ1v) is 4.10. The molecule has 0 unspecified atom stereocenters. The monoisotopic (exact) mass is 173 g/mol. The number of nitrogens with one attached hydrogen (secondary N) is 1. The molecule has 0 saturated heterocycles. The van der Waals surface area contributed by atoms with E-state index in [0.717, 1.165) is 12.5 Å². The van der Waals surface area contributed by atoms with Crippen LogP contribution in [0.15, 0.2) is 4.99 Å². The Balaban J connectivity index is 1.87. The van der Waals surface area contributed by atoms with E-state index in [2.05, 4.69) is 4.99 Å². The highest BCUT2D eigenvalue weighted by Gasteiger charge is 2.20. The molecule has 70 valence electrons. The van der Waals surface area contributed by atoms with Gasteiger partial charge >= 0.3 is 0 Å². The zero-order chi connectivity index (χ0) is 8.81. The van der Waals surface area contributed by atoms with Crippen LogP contribution in [0.4, 0.5) is 0 Å². The van der Waals surface area contributed by atoms with Gasteiger partial charge in [-0.25, -0.2) is 10.5 Å². The summed E-state index contributed by atoms with van der Waals surface area (Å²) >= 11 is 0. The molecule has 1 fully saturated rings. The van der Waals surface area contributed by atoms with Gasteiger partial charge in [0.25, 0.3) is 0 Å². The molecule has 0 atom stereocenters. The molecule has 5 heteroatoms. The van der Waals surface area contributed by atoms with Crippen LogP contribution in [0.5, 0.6) is 0 Å². The van der Waals surface area contributed by atoms with Crippen molar-refractivity contribution in [2.75, 3.05) is 19.8 Å². The number of hydrogen-bond donors (Lipinski definition) is 3. The van der Waals surface area contributed by atoms with Crippen LogP contribution in [0.1, 0.15) is 12.8 Å². The summed E-state index contributed by atoms with van der Waals surface area (Å²) in [5.74, 6) is 0.812. The first-order valence-electron chi connectivity index (χ1n) is 4.10. The molecule has 0 radical (unpaired) electrons. The van der Waals surface area contributed by atoms with E-state index in [1.54, 1.807) is 5.48 Å². The normalized spacial score (nSPS) is 17.9. The van der Waals surface area contributed by atoms with Crippen LogP contribution < -0.4 is 11.2 Å². The van der Waals surface area contributed by atoms with Gasteiger partial charge in [-0.3, -0.25) is 5.21 Å². The smallest absolute Gasteiger partial charge is 0.212 e. The summed E-state index contributed by atoms with van der Waals surface area (Å²) in [6, 6.07) is 0. The summed E-state index contributed by atoms with van der Waals surface area (Å²) in [4.78, 5) is 3.77. The minimum atomic E-state index is 0.0324. The fraction of sp³-hybridized carbons (Fsp3) is 0.857. The van der Waals surface area contributed by atoms with E-state index in [-0.39, 0.29) is 5.96 Å². The van der Waals surface area contributed by atoms with Gasteiger partial charge in [-0.1, -0.05) is 0 Å². The van der Waals surface area contributed by atoms with E-state index in [9.17, 15) is 0 Å². The summed E-state index contributed by atoms with van der Waals surface area (Å²) < 4.78 is 5.28. The summed E-state index contributed by atoms with van der Waals surface area (Å²) in [6.07, 6.45) is 2.59. The molecule has 0 aliphatic heterocycles. The van der Waals surface area contributed by atoms with Crippen molar-refractivity contribution >= 4 is 5.96 Å². The van der Waals surface area contributed by atoms with Gasteiger partial charge in [0.15, 0.2) is 0 Å². The molecular weight excluding hydrogens is 158 g/mol. The molecule has 1 aliphatic carbocycles. The average Bonchev–Trinajstić information content (AvgIpc) is 2.87. The van der Waals surface area contributed by atoms with Gasteiger partial charge in [0, 0.05) is 6.61 Å². The molecular formula is C7H15N3O2. The first kappa shape index (κ1) is 9.28. The average molecular weight is 173 g/mol. The standard InChI is InChI=1S/C7H15N3O2/c8-7(10-11)9-3-4-12-5-6-1-2-6/h6,11H,1-5H2,(H3,8,9,10). The van der Waals surface area contributed by atoms with Crippen molar-refractivity contribution in [3.63, 3.8) is 0 Å². The molecule has 1 saturated carbocycles. The van der Waals surface area contributed by atoms with Gasteiger partial charge in [0.1, 0.15) is 0 Å². The third-order valence-electron chi connectivity index (χ3n) is 1.68. The highest BCUT2D eigenvalue weighted by atomic mass is 16.5. The molecule has 0 heterocycles. The molecule has 0 amide bonds. The minimum absolute atomic E-state index is 0.0324. The summed E-state index contributed by atoms with van der Waals surface area (Å²) in [5, 5.41) is 8.24. The number of hydrogen-bond acceptors (Lipinski definition) is 3. The maximum Gasteiger partial charge on any atom is 0.212 e. The molecule has 0 bridgehead atoms. The maximum atomic E-state index is 8.24. The fourth-order valence-corrected chi connectivity index (χ4v) is 0.801. The molecule has 12 heavy (non-hydrogen) atoms. The zero-order valence-corrected chi connectivity index (χ0v) is 6.99. The van der Waals surface area contributed by atoms with Crippen LogP contribution in [0.2, 0.25) is 0 Å². The first-order chi connectivity index (χ1) is 5.83. The van der Waals surface area contributed by atoms with Crippen molar-refractivity contribution in [2.45, 2.75) is 12.8 Å². The second-order valence-electron chi connectivity index (χ2n) is 2.90. The Bertz CT molecular complexity index is 157. The molecule has 0 aromatic carbocycles. The van der Waals surface area contributed by atoms with Gasteiger partial charge in [-0.05, 0) is 18.8 Å². The third-order valence-corrected chi connectivity index (χ3v) is 1.68. The Morgan fingerprint density at radius 3 is 3.00 bits per heavy atom. The third kappa shape index (κ3) is 4.15. The van der Waals surface area contributed by atoms with E-state index >= 15 is 0 Å². The van der Waals surface area contributed by atoms with E-state index in [4.69, 9.17) is 15.7 Å². The molecule has 0 aromatic rings. The van der Waals surface area contributed by atoms with E-state index in [0.29, 0.717) is 13.2 Å². The molecule has 1 rings (SSSR count). The lowest BCUT2D eigenvalue weighted by molar-refractivity contribution is 0.131. The van der Waals surface area contributed by atoms with Crippen molar-refractivity contribution in [3.8, 4) is 0 Å². The Morgan fingerprint density at radius 2 is 2.42 bits per heavy atom. The number of hydroxylamine groups is 1. The summed E-state index contributed by atoms with van der Waals surface area (Å²) in [6.45, 7) is 1.90. The van der Waals surface area contributed by atoms with Gasteiger partial charge in [-0.15, -0.1) is 0 Å². The van der Waals surface area contributed by atoms with Gasteiger partial charge in [0.05, 0.1) is 13.2 Å². The number of guanidine groups is 1. The van der Waals surface area contributed by atoms with E-state index in [1.165, 1.54) is 12.8 Å². The molecule has 0 aromatic heterocycles. The number of nitrogens with two attached hydrogens (primary N) is 1. The lowest BCUT2D eigenvalue weighted by atomic mass is 10.5. The Hall–Kier alpha value is -0.810. The van der Waals surface area contributed by atoms with Crippen molar-refractivity contribution in [1.29, 1.82) is 0 Å². The van der Waals surface area contributed by atoms with Crippen molar-refractivity contribution in [1.82, 2.24) is 5.48 Å². The van der Waals surface area contributed by atoms with Crippen LogP contribution in [0, 0.1) is 5.92 Å². The van der Waals surface area contributed by atoms with Crippen molar-refractivity contribution in [2.24, 2.45) is 16.6 Å². The molecule has 1 aliphatic rings. The molecule has 0 spiro atoms. The lowest BCUT2D eigenvalue weighted by Gasteiger charge is -2.00. The molecule has 5 nitrogen and oxygen atoms in total. The van der Waals surface area contributed by atoms with Crippen molar-refractivity contribution in [3.05, 3.63) is 0 Å². The zero-order valence-electron chi connectivity index (χ0n) is 6.99. The Labute approximate surface area is 71.6 Å². The van der Waals surface area contributed by atoms with Gasteiger partial charge < -0.3 is 10.5 Å². The Kier molecular flexibility index (Phi) is 3.83. The second-order valence-corrected chi connectivity index (χ2v) is 2.90. The predicted octanol–water partition coefficient (Wildman–Crippen LogP) is -0.294. The predicted molar refractivity (Wildman–Crippen MR) is 45.0 cm³/mol. The van der Waals surface area contributed by atoms with Crippen LogP contribution >= 0.6 is 0 Å². The topological polar surface area (TPSA) is 79.9 Å². The van der Waals surface area contributed by atoms with Gasteiger partial charge in [-0.2, -0.15) is 0 Å². The SMILES string of the molecule is NC(=NCCOCC1CC1)NO. The number of ether oxygens (including phenoxy) is 1. The summed E-state index contributed by atoms with van der Waals surface area (Å²) in [7, 11) is 0. The highest BCUT2D eigenvalue weighted by molar-refractivity contribution is 5.76. The van der Waals surface area contributed by atoms with Crippen LogP contribution in [0.25, 0.3) is 0 Å². The number of nitrogens with zero attached hydrogens (tertiary/aromatic N) is 1. The number of rotatable bonds is 5. The van der Waals surface area contributed by atoms with E-state index < -0.39 is 0 Å². The van der Waals surface area contributed by atoms with Crippen LogP contribution in [-0.4, -0.2) is 30.9 Å². The summed E-state index contributed by atoms with van der Waals surface area (Å²) in [5.41, 5.74) is 6.91. The maximum absolute atomic E-state index is 8.24. The Morgan fingerprint density at radius 1 is 1.67 bits per heavy atom. The largest absolute Gasteiger partial charge is 0.379 e. The highest BCUT2D eigenvalue weighted by Crippen LogP contribution is 2.28. The quantitative estimate of drug-likeness (QED) is 0.231. The fourth-order valence-electron chi connectivity index (χ4n) is 0.801. The molecule has 4 N–H and O–H groups in total. The van der Waals surface area contributed by atoms with Gasteiger partial charge in [0.2, 0.25) is 5.96 Å². The van der Waals surface area contributed by atoms with Crippen molar-refractivity contribution < 1.29 is 9.94 Å².